The number of nitrogens with zero attached hydrogens (tertiary/aromatic N) is 2. The van der Waals surface area contributed by atoms with Gasteiger partial charge in [-0.2, -0.15) is 0 Å². The van der Waals surface area contributed by atoms with Crippen molar-refractivity contribution in [2.24, 2.45) is 5.73 Å². The summed E-state index contributed by atoms with van der Waals surface area (Å²) in [5.41, 5.74) is 7.64. The van der Waals surface area contributed by atoms with E-state index in [1.165, 1.54) is 12.3 Å². The van der Waals surface area contributed by atoms with Gasteiger partial charge in [-0.3, -0.25) is 9.59 Å². The lowest BCUT2D eigenvalue weighted by atomic mass is 10.2. The van der Waals surface area contributed by atoms with E-state index < -0.39 is 5.91 Å². The number of anilines is 2. The van der Waals surface area contributed by atoms with Crippen LogP contribution in [0.2, 0.25) is 0 Å². The molecule has 3 aromatic rings. The number of primary amides is 1. The van der Waals surface area contributed by atoms with Crippen molar-refractivity contribution in [1.29, 1.82) is 0 Å². The van der Waals surface area contributed by atoms with Gasteiger partial charge in [0.05, 0.1) is 11.9 Å². The van der Waals surface area contributed by atoms with Gasteiger partial charge in [0.2, 0.25) is 11.8 Å². The summed E-state index contributed by atoms with van der Waals surface area (Å²) >= 11 is 0. The van der Waals surface area contributed by atoms with Crippen LogP contribution in [-0.4, -0.2) is 30.9 Å². The van der Waals surface area contributed by atoms with Crippen LogP contribution in [0.5, 0.6) is 11.6 Å². The molecule has 1 aromatic heterocycles. The number of pyridine rings is 1. The van der Waals surface area contributed by atoms with Crippen molar-refractivity contribution >= 4 is 23.2 Å². The summed E-state index contributed by atoms with van der Waals surface area (Å²) in [6, 6.07) is 17.1. The molecule has 0 bridgehead atoms. The van der Waals surface area contributed by atoms with E-state index in [2.05, 4.69) is 10.3 Å². The third kappa shape index (κ3) is 4.64. The van der Waals surface area contributed by atoms with Crippen LogP contribution >= 0.6 is 0 Å². The summed E-state index contributed by atoms with van der Waals surface area (Å²) in [6.07, 6.45) is 1.50. The predicted octanol–water partition coefficient (Wildman–Crippen LogP) is 3.29. The van der Waals surface area contributed by atoms with Crippen LogP contribution in [0.4, 0.5) is 11.4 Å². The lowest BCUT2D eigenvalue weighted by Gasteiger charge is -2.13. The zero-order valence-electron chi connectivity index (χ0n) is 15.5. The molecule has 28 heavy (non-hydrogen) atoms. The maximum absolute atomic E-state index is 12.4. The van der Waals surface area contributed by atoms with Crippen LogP contribution < -0.4 is 20.7 Å². The van der Waals surface area contributed by atoms with E-state index >= 15 is 0 Å². The Morgan fingerprint density at radius 3 is 2.43 bits per heavy atom. The first-order valence-corrected chi connectivity index (χ1v) is 8.55. The van der Waals surface area contributed by atoms with Gasteiger partial charge in [0, 0.05) is 37.0 Å². The maximum Gasteiger partial charge on any atom is 0.255 e. The second kappa shape index (κ2) is 8.22. The van der Waals surface area contributed by atoms with Crippen LogP contribution in [0.15, 0.2) is 66.9 Å². The largest absolute Gasteiger partial charge is 0.439 e. The fourth-order valence-electron chi connectivity index (χ4n) is 2.48. The summed E-state index contributed by atoms with van der Waals surface area (Å²) in [5.74, 6) is 0.0124. The highest BCUT2D eigenvalue weighted by Crippen LogP contribution is 2.22. The zero-order valence-corrected chi connectivity index (χ0v) is 15.5. The van der Waals surface area contributed by atoms with Gasteiger partial charge in [0.1, 0.15) is 5.75 Å². The summed E-state index contributed by atoms with van der Waals surface area (Å²) in [6.45, 7) is 0. The molecule has 0 radical (unpaired) electrons. The van der Waals surface area contributed by atoms with Gasteiger partial charge < -0.3 is 20.7 Å². The highest BCUT2D eigenvalue weighted by atomic mass is 16.5. The predicted molar refractivity (Wildman–Crippen MR) is 108 cm³/mol. The van der Waals surface area contributed by atoms with E-state index in [1.807, 2.05) is 37.2 Å². The Balaban J connectivity index is 1.67. The van der Waals surface area contributed by atoms with Gasteiger partial charge in [-0.1, -0.05) is 12.1 Å². The van der Waals surface area contributed by atoms with Crippen LogP contribution in [-0.2, 0) is 0 Å². The molecule has 3 N–H and O–H groups in total. The number of benzene rings is 2. The Labute approximate surface area is 162 Å². The maximum atomic E-state index is 12.4. The third-order valence-corrected chi connectivity index (χ3v) is 3.96. The molecule has 0 aliphatic carbocycles. The van der Waals surface area contributed by atoms with Crippen LogP contribution in [0.25, 0.3) is 0 Å². The first kappa shape index (κ1) is 18.9. The van der Waals surface area contributed by atoms with Gasteiger partial charge in [0.15, 0.2) is 0 Å². The summed E-state index contributed by atoms with van der Waals surface area (Å²) in [7, 11) is 3.83. The number of aromatic nitrogens is 1. The van der Waals surface area contributed by atoms with Crippen molar-refractivity contribution in [3.05, 3.63) is 78.0 Å². The molecular formula is C21H20N4O3. The van der Waals surface area contributed by atoms with Crippen molar-refractivity contribution in [3.63, 3.8) is 0 Å². The van der Waals surface area contributed by atoms with Gasteiger partial charge in [0.25, 0.3) is 5.91 Å². The Bertz CT molecular complexity index is 1000. The van der Waals surface area contributed by atoms with Crippen molar-refractivity contribution in [1.82, 2.24) is 4.98 Å². The van der Waals surface area contributed by atoms with Crippen molar-refractivity contribution < 1.29 is 14.3 Å². The van der Waals surface area contributed by atoms with Crippen molar-refractivity contribution in [2.45, 2.75) is 0 Å². The lowest BCUT2D eigenvalue weighted by molar-refractivity contribution is 0.0997. The van der Waals surface area contributed by atoms with Gasteiger partial charge in [-0.15, -0.1) is 0 Å². The van der Waals surface area contributed by atoms with E-state index in [0.717, 1.165) is 5.69 Å². The molecule has 0 aliphatic rings. The number of rotatable bonds is 6. The average molecular weight is 376 g/mol. The van der Waals surface area contributed by atoms with Gasteiger partial charge in [-0.05, 0) is 42.5 Å². The van der Waals surface area contributed by atoms with E-state index in [9.17, 15) is 9.59 Å². The molecule has 0 spiro atoms. The molecule has 3 rings (SSSR count). The topological polar surface area (TPSA) is 97.5 Å². The number of amides is 2. The standard InChI is InChI=1S/C21H20N4O3/c1-25(2)17-7-3-6-15(11-17)21(27)24-16-9-10-19(23-13-16)28-18-8-4-5-14(12-18)20(22)26/h3-13H,1-2H3,(H2,22,26)(H,24,27). The molecule has 0 unspecified atom stereocenters. The first-order chi connectivity index (χ1) is 13.4. The number of ether oxygens (including phenoxy) is 1. The number of hydrogen-bond donors (Lipinski definition) is 2. The van der Waals surface area contributed by atoms with Crippen LogP contribution in [0.3, 0.4) is 0 Å². The highest BCUT2D eigenvalue weighted by molar-refractivity contribution is 6.04. The second-order valence-corrected chi connectivity index (χ2v) is 6.28. The van der Waals surface area contributed by atoms with Gasteiger partial charge >= 0.3 is 0 Å². The summed E-state index contributed by atoms with van der Waals surface area (Å²) < 4.78 is 5.62. The minimum atomic E-state index is -0.533. The molecule has 2 aromatic carbocycles. The second-order valence-electron chi connectivity index (χ2n) is 6.28. The fourth-order valence-corrected chi connectivity index (χ4v) is 2.48. The quantitative estimate of drug-likeness (QED) is 0.688. The van der Waals surface area contributed by atoms with Crippen LogP contribution in [0.1, 0.15) is 20.7 Å². The molecule has 0 fully saturated rings. The number of carbonyl (C=O) groups is 2. The fraction of sp³-hybridized carbons (Fsp3) is 0.0952. The molecule has 7 nitrogen and oxygen atoms in total. The SMILES string of the molecule is CN(C)c1cccc(C(=O)Nc2ccc(Oc3cccc(C(N)=O)c3)nc2)c1. The minimum absolute atomic E-state index is 0.228. The molecule has 0 saturated heterocycles. The average Bonchev–Trinajstić information content (AvgIpc) is 2.69. The Hall–Kier alpha value is -3.87. The molecule has 7 heteroatoms. The molecule has 1 heterocycles. The molecule has 0 atom stereocenters. The summed E-state index contributed by atoms with van der Waals surface area (Å²) in [5, 5.41) is 2.80. The lowest BCUT2D eigenvalue weighted by Crippen LogP contribution is -2.14. The summed E-state index contributed by atoms with van der Waals surface area (Å²) in [4.78, 5) is 29.8. The number of nitrogens with two attached hydrogens (primary N) is 1. The van der Waals surface area contributed by atoms with E-state index in [0.29, 0.717) is 28.4 Å². The molecule has 142 valence electrons. The van der Waals surface area contributed by atoms with Crippen molar-refractivity contribution in [3.8, 4) is 11.6 Å². The molecule has 0 aliphatic heterocycles. The molecule has 2 amide bonds. The monoisotopic (exact) mass is 376 g/mol. The Morgan fingerprint density at radius 2 is 1.75 bits per heavy atom. The normalized spacial score (nSPS) is 10.2. The van der Waals surface area contributed by atoms with Crippen molar-refractivity contribution in [2.75, 3.05) is 24.3 Å². The smallest absolute Gasteiger partial charge is 0.255 e. The van der Waals surface area contributed by atoms with E-state index in [1.54, 1.807) is 36.4 Å². The third-order valence-electron chi connectivity index (χ3n) is 3.96. The van der Waals surface area contributed by atoms with Gasteiger partial charge in [-0.25, -0.2) is 4.98 Å². The Kier molecular flexibility index (Phi) is 5.55. The number of nitrogens with one attached hydrogen (secondary N) is 1. The molecule has 0 saturated carbocycles. The zero-order chi connectivity index (χ0) is 20.1. The van der Waals surface area contributed by atoms with E-state index in [-0.39, 0.29) is 5.91 Å². The highest BCUT2D eigenvalue weighted by Gasteiger charge is 2.09. The number of hydrogen-bond acceptors (Lipinski definition) is 5. The molecular weight excluding hydrogens is 356 g/mol. The minimum Gasteiger partial charge on any atom is -0.439 e. The number of carbonyl (C=O) groups excluding carboxylic acids is 2. The first-order valence-electron chi connectivity index (χ1n) is 8.55. The van der Waals surface area contributed by atoms with Crippen LogP contribution in [0, 0.1) is 0 Å². The van der Waals surface area contributed by atoms with E-state index in [4.69, 9.17) is 10.5 Å². The Morgan fingerprint density at radius 1 is 1.00 bits per heavy atom.